The monoisotopic (exact) mass is 352 g/mol. The number of benzene rings is 1. The summed E-state index contributed by atoms with van der Waals surface area (Å²) in [5.74, 6) is 0.139. The lowest BCUT2D eigenvalue weighted by Gasteiger charge is -2.24. The molecule has 1 aromatic carbocycles. The van der Waals surface area contributed by atoms with Crippen molar-refractivity contribution < 1.29 is 13.2 Å². The lowest BCUT2D eigenvalue weighted by atomic mass is 10.1. The molecule has 2 aliphatic rings. The highest BCUT2D eigenvalue weighted by atomic mass is 32.2. The SMILES string of the molecule is CCCC(=O)N=C1S[C@@H]2CS(=O)(=O)C[C@@H]2N1c1ccc(C)cc1. The van der Waals surface area contributed by atoms with E-state index in [1.165, 1.54) is 11.8 Å². The van der Waals surface area contributed by atoms with Crippen LogP contribution in [0.1, 0.15) is 25.3 Å². The van der Waals surface area contributed by atoms with E-state index >= 15 is 0 Å². The van der Waals surface area contributed by atoms with E-state index in [9.17, 15) is 13.2 Å². The highest BCUT2D eigenvalue weighted by Gasteiger charge is 2.49. The first-order chi connectivity index (χ1) is 10.9. The van der Waals surface area contributed by atoms with E-state index in [2.05, 4.69) is 4.99 Å². The quantitative estimate of drug-likeness (QED) is 0.836. The van der Waals surface area contributed by atoms with Crippen LogP contribution in [0, 0.1) is 6.92 Å². The molecule has 7 heteroatoms. The number of carbonyl (C=O) groups is 1. The number of aliphatic imine (C=N–C) groups is 1. The molecule has 0 aliphatic carbocycles. The number of anilines is 1. The zero-order chi connectivity index (χ0) is 16.6. The summed E-state index contributed by atoms with van der Waals surface area (Å²) in [5, 5.41) is 0.590. The van der Waals surface area contributed by atoms with Crippen molar-refractivity contribution in [3.8, 4) is 0 Å². The van der Waals surface area contributed by atoms with Gasteiger partial charge in [-0.15, -0.1) is 0 Å². The molecule has 2 saturated heterocycles. The zero-order valence-electron chi connectivity index (χ0n) is 13.2. The Morgan fingerprint density at radius 3 is 2.65 bits per heavy atom. The van der Waals surface area contributed by atoms with Crippen molar-refractivity contribution in [1.29, 1.82) is 0 Å². The fraction of sp³-hybridized carbons (Fsp3) is 0.500. The van der Waals surface area contributed by atoms with Gasteiger partial charge in [0.05, 0.1) is 17.5 Å². The predicted octanol–water partition coefficient (Wildman–Crippen LogP) is 2.40. The Labute approximate surface area is 141 Å². The van der Waals surface area contributed by atoms with Crippen LogP contribution < -0.4 is 4.90 Å². The second kappa shape index (κ2) is 6.28. The summed E-state index contributed by atoms with van der Waals surface area (Å²) in [7, 11) is -3.02. The first-order valence-corrected chi connectivity index (χ1v) is 10.4. The molecule has 0 spiro atoms. The number of amidine groups is 1. The zero-order valence-corrected chi connectivity index (χ0v) is 14.9. The number of fused-ring (bicyclic) bond motifs is 1. The van der Waals surface area contributed by atoms with Crippen molar-refractivity contribution in [2.75, 3.05) is 16.4 Å². The number of thioether (sulfide) groups is 1. The number of rotatable bonds is 3. The molecule has 23 heavy (non-hydrogen) atoms. The van der Waals surface area contributed by atoms with Gasteiger partial charge in [0, 0.05) is 17.4 Å². The van der Waals surface area contributed by atoms with Crippen LogP contribution in [0.15, 0.2) is 29.3 Å². The molecule has 2 fully saturated rings. The Bertz CT molecular complexity index is 741. The number of amides is 1. The molecule has 0 radical (unpaired) electrons. The Morgan fingerprint density at radius 2 is 2.00 bits per heavy atom. The summed E-state index contributed by atoms with van der Waals surface area (Å²) >= 11 is 1.42. The fourth-order valence-electron chi connectivity index (χ4n) is 2.95. The lowest BCUT2D eigenvalue weighted by Crippen LogP contribution is -2.37. The van der Waals surface area contributed by atoms with Gasteiger partial charge in [-0.2, -0.15) is 4.99 Å². The molecule has 0 unspecified atom stereocenters. The molecule has 2 aliphatic heterocycles. The fourth-order valence-corrected chi connectivity index (χ4v) is 6.88. The molecule has 3 rings (SSSR count). The summed E-state index contributed by atoms with van der Waals surface area (Å²) in [5.41, 5.74) is 2.03. The number of carbonyl (C=O) groups excluding carboxylic acids is 1. The van der Waals surface area contributed by atoms with Gasteiger partial charge in [0.2, 0.25) is 5.91 Å². The van der Waals surface area contributed by atoms with Crippen LogP contribution in [0.3, 0.4) is 0 Å². The second-order valence-corrected chi connectivity index (χ2v) is 9.40. The van der Waals surface area contributed by atoms with Gasteiger partial charge in [0.25, 0.3) is 0 Å². The standard InChI is InChI=1S/C16H20N2O3S2/c1-3-4-15(19)17-16-18(12-7-5-11(2)6-8-12)13-9-23(20,21)10-14(13)22-16/h5-8,13-14H,3-4,9-10H2,1-2H3/t13-,14+/m0/s1. The van der Waals surface area contributed by atoms with Crippen molar-refractivity contribution in [2.24, 2.45) is 4.99 Å². The maximum absolute atomic E-state index is 12.0. The maximum Gasteiger partial charge on any atom is 0.248 e. The van der Waals surface area contributed by atoms with Gasteiger partial charge in [0.15, 0.2) is 15.0 Å². The van der Waals surface area contributed by atoms with E-state index in [-0.39, 0.29) is 28.7 Å². The van der Waals surface area contributed by atoms with Gasteiger partial charge >= 0.3 is 0 Å². The van der Waals surface area contributed by atoms with Crippen LogP contribution >= 0.6 is 11.8 Å². The van der Waals surface area contributed by atoms with Gasteiger partial charge in [-0.05, 0) is 25.5 Å². The Morgan fingerprint density at radius 1 is 1.30 bits per heavy atom. The van der Waals surface area contributed by atoms with Crippen LogP contribution in [0.4, 0.5) is 5.69 Å². The van der Waals surface area contributed by atoms with E-state index in [1.54, 1.807) is 0 Å². The summed E-state index contributed by atoms with van der Waals surface area (Å²) in [6, 6.07) is 7.76. The smallest absolute Gasteiger partial charge is 0.248 e. The van der Waals surface area contributed by atoms with Crippen LogP contribution in [0.25, 0.3) is 0 Å². The molecule has 2 heterocycles. The van der Waals surface area contributed by atoms with Gasteiger partial charge in [0.1, 0.15) is 0 Å². The molecule has 0 aromatic heterocycles. The van der Waals surface area contributed by atoms with E-state index in [4.69, 9.17) is 0 Å². The summed E-state index contributed by atoms with van der Waals surface area (Å²) < 4.78 is 23.9. The van der Waals surface area contributed by atoms with Gasteiger partial charge in [-0.3, -0.25) is 4.79 Å². The van der Waals surface area contributed by atoms with E-state index < -0.39 is 9.84 Å². The predicted molar refractivity (Wildman–Crippen MR) is 94.8 cm³/mol. The van der Waals surface area contributed by atoms with Crippen molar-refractivity contribution in [2.45, 2.75) is 38.0 Å². The molecule has 0 saturated carbocycles. The minimum absolute atomic E-state index is 0.0468. The summed E-state index contributed by atoms with van der Waals surface area (Å²) in [6.45, 7) is 3.95. The molecule has 0 N–H and O–H groups in total. The second-order valence-electron chi connectivity index (χ2n) is 6.04. The van der Waals surface area contributed by atoms with Crippen LogP contribution in [-0.4, -0.2) is 42.3 Å². The van der Waals surface area contributed by atoms with Gasteiger partial charge in [-0.25, -0.2) is 8.42 Å². The first-order valence-electron chi connectivity index (χ1n) is 7.74. The normalized spacial score (nSPS) is 27.4. The Hall–Kier alpha value is -1.34. The van der Waals surface area contributed by atoms with Gasteiger partial charge in [-0.1, -0.05) is 36.4 Å². The molecule has 124 valence electrons. The number of sulfone groups is 1. The van der Waals surface area contributed by atoms with Crippen molar-refractivity contribution in [3.05, 3.63) is 29.8 Å². The molecule has 1 amide bonds. The molecule has 1 aromatic rings. The minimum Gasteiger partial charge on any atom is -0.316 e. The van der Waals surface area contributed by atoms with E-state index in [0.717, 1.165) is 17.7 Å². The average Bonchev–Trinajstić information content (AvgIpc) is 2.91. The first kappa shape index (κ1) is 16.5. The van der Waals surface area contributed by atoms with Crippen molar-refractivity contribution >= 4 is 38.4 Å². The molecule has 0 bridgehead atoms. The van der Waals surface area contributed by atoms with E-state index in [0.29, 0.717) is 11.6 Å². The summed E-state index contributed by atoms with van der Waals surface area (Å²) in [4.78, 5) is 18.1. The maximum atomic E-state index is 12.0. The topological polar surface area (TPSA) is 66.8 Å². The Balaban J connectivity index is 1.97. The van der Waals surface area contributed by atoms with Crippen molar-refractivity contribution in [1.82, 2.24) is 0 Å². The van der Waals surface area contributed by atoms with Crippen LogP contribution in [-0.2, 0) is 14.6 Å². The van der Waals surface area contributed by atoms with Crippen LogP contribution in [0.5, 0.6) is 0 Å². The minimum atomic E-state index is -3.02. The average molecular weight is 352 g/mol. The number of hydrogen-bond donors (Lipinski definition) is 0. The lowest BCUT2D eigenvalue weighted by molar-refractivity contribution is -0.117. The Kier molecular flexibility index (Phi) is 4.51. The third kappa shape index (κ3) is 3.45. The highest BCUT2D eigenvalue weighted by molar-refractivity contribution is 8.16. The number of aryl methyl sites for hydroxylation is 1. The van der Waals surface area contributed by atoms with E-state index in [1.807, 2.05) is 43.0 Å². The number of hydrogen-bond acceptors (Lipinski definition) is 4. The van der Waals surface area contributed by atoms with Crippen LogP contribution in [0.2, 0.25) is 0 Å². The van der Waals surface area contributed by atoms with Crippen molar-refractivity contribution in [3.63, 3.8) is 0 Å². The molecular formula is C16H20N2O3S2. The molecule has 2 atom stereocenters. The van der Waals surface area contributed by atoms with Gasteiger partial charge < -0.3 is 4.90 Å². The summed E-state index contributed by atoms with van der Waals surface area (Å²) in [6.07, 6.45) is 1.17. The third-order valence-electron chi connectivity index (χ3n) is 4.06. The molecular weight excluding hydrogens is 332 g/mol. The highest BCUT2D eigenvalue weighted by Crippen LogP contribution is 2.41. The largest absolute Gasteiger partial charge is 0.316 e. The third-order valence-corrected chi connectivity index (χ3v) is 7.27. The number of nitrogens with zero attached hydrogens (tertiary/aromatic N) is 2. The molecule has 5 nitrogen and oxygen atoms in total.